The fraction of sp³-hybridized carbons (Fsp3) is 0.636. The van der Waals surface area contributed by atoms with Gasteiger partial charge in [0.2, 0.25) is 0 Å². The second-order valence-corrected chi connectivity index (χ2v) is 4.97. The van der Waals surface area contributed by atoms with E-state index in [-0.39, 0.29) is 0 Å². The van der Waals surface area contributed by atoms with Crippen molar-refractivity contribution in [2.75, 3.05) is 5.32 Å². The van der Waals surface area contributed by atoms with Gasteiger partial charge in [-0.2, -0.15) is 5.10 Å². The van der Waals surface area contributed by atoms with Crippen LogP contribution in [0.4, 0.5) is 10.6 Å². The fourth-order valence-corrected chi connectivity index (χ4v) is 1.73. The number of aromatic nitrogens is 2. The zero-order valence-electron chi connectivity index (χ0n) is 9.91. The Labute approximate surface area is 94.8 Å². The third kappa shape index (κ3) is 2.53. The average Bonchev–Trinajstić information content (AvgIpc) is 2.58. The van der Waals surface area contributed by atoms with Crippen molar-refractivity contribution in [3.05, 3.63) is 11.8 Å². The van der Waals surface area contributed by atoms with Crippen LogP contribution in [0.5, 0.6) is 0 Å². The van der Waals surface area contributed by atoms with Crippen molar-refractivity contribution < 1.29 is 9.53 Å². The molecule has 1 aromatic rings. The van der Waals surface area contributed by atoms with Crippen LogP contribution >= 0.6 is 0 Å². The topological polar surface area (TPSA) is 56.1 Å². The highest BCUT2D eigenvalue weighted by atomic mass is 16.6. The molecule has 0 saturated heterocycles. The van der Waals surface area contributed by atoms with Crippen LogP contribution in [0.1, 0.15) is 32.9 Å². The lowest BCUT2D eigenvalue weighted by atomic mass is 10.2. The van der Waals surface area contributed by atoms with Crippen LogP contribution < -0.4 is 5.32 Å². The Bertz CT molecular complexity index is 382. The Balaban J connectivity index is 1.96. The number of amides is 1. The van der Waals surface area contributed by atoms with Gasteiger partial charge in [-0.1, -0.05) is 0 Å². The number of hydrogen-bond donors (Lipinski definition) is 1. The van der Waals surface area contributed by atoms with E-state index in [0.29, 0.717) is 5.82 Å². The summed E-state index contributed by atoms with van der Waals surface area (Å²) in [5.41, 5.74) is 0.693. The molecule has 0 bridgehead atoms. The molecule has 5 heteroatoms. The molecule has 5 nitrogen and oxygen atoms in total. The van der Waals surface area contributed by atoms with E-state index in [1.54, 1.807) is 0 Å². The molecule has 1 aromatic heterocycles. The summed E-state index contributed by atoms with van der Waals surface area (Å²) >= 11 is 0. The molecule has 1 aliphatic heterocycles. The van der Waals surface area contributed by atoms with Crippen molar-refractivity contribution in [2.24, 2.45) is 0 Å². The third-order valence-electron chi connectivity index (χ3n) is 2.30. The predicted molar refractivity (Wildman–Crippen MR) is 60.4 cm³/mol. The van der Waals surface area contributed by atoms with Crippen LogP contribution in [0.3, 0.4) is 0 Å². The lowest BCUT2D eigenvalue weighted by Gasteiger charge is -2.19. The summed E-state index contributed by atoms with van der Waals surface area (Å²) in [6.45, 7) is 6.44. The van der Waals surface area contributed by atoms with E-state index in [0.717, 1.165) is 19.4 Å². The minimum atomic E-state index is -0.480. The van der Waals surface area contributed by atoms with Gasteiger partial charge in [-0.25, -0.2) is 4.79 Å². The van der Waals surface area contributed by atoms with Crippen molar-refractivity contribution in [3.8, 4) is 0 Å². The number of carbonyl (C=O) groups excluding carboxylic acids is 1. The van der Waals surface area contributed by atoms with E-state index in [1.165, 1.54) is 5.69 Å². The molecule has 0 atom stereocenters. The molecule has 0 unspecified atom stereocenters. The van der Waals surface area contributed by atoms with Crippen molar-refractivity contribution in [3.63, 3.8) is 0 Å². The van der Waals surface area contributed by atoms with E-state index < -0.39 is 11.7 Å². The maximum absolute atomic E-state index is 11.5. The first kappa shape index (κ1) is 11.0. The number of ether oxygens (including phenoxy) is 1. The number of carbonyl (C=O) groups is 1. The second-order valence-electron chi connectivity index (χ2n) is 4.97. The summed E-state index contributed by atoms with van der Waals surface area (Å²) in [5.74, 6) is 0.573. The molecule has 0 fully saturated rings. The summed E-state index contributed by atoms with van der Waals surface area (Å²) in [6, 6.07) is 1.90. The Morgan fingerprint density at radius 2 is 2.31 bits per heavy atom. The van der Waals surface area contributed by atoms with E-state index in [2.05, 4.69) is 10.4 Å². The molecule has 0 spiro atoms. The van der Waals surface area contributed by atoms with Crippen LogP contribution in [-0.2, 0) is 17.7 Å². The second kappa shape index (κ2) is 3.81. The van der Waals surface area contributed by atoms with Gasteiger partial charge in [0.15, 0.2) is 5.82 Å². The highest BCUT2D eigenvalue weighted by Gasteiger charge is 2.19. The van der Waals surface area contributed by atoms with Gasteiger partial charge in [0.05, 0.1) is 0 Å². The summed E-state index contributed by atoms with van der Waals surface area (Å²) in [7, 11) is 0. The summed E-state index contributed by atoms with van der Waals surface area (Å²) in [6.07, 6.45) is 1.71. The zero-order valence-corrected chi connectivity index (χ0v) is 9.91. The lowest BCUT2D eigenvalue weighted by molar-refractivity contribution is 0.0635. The number of hydrogen-bond acceptors (Lipinski definition) is 3. The van der Waals surface area contributed by atoms with E-state index in [4.69, 9.17) is 4.74 Å². The van der Waals surface area contributed by atoms with E-state index >= 15 is 0 Å². The number of fused-ring (bicyclic) bond motifs is 1. The Morgan fingerprint density at radius 3 is 2.94 bits per heavy atom. The molecule has 1 N–H and O–H groups in total. The normalized spacial score (nSPS) is 14.7. The number of nitrogens with zero attached hydrogens (tertiary/aromatic N) is 2. The minimum Gasteiger partial charge on any atom is -0.444 e. The molecule has 1 aliphatic rings. The molecule has 2 heterocycles. The largest absolute Gasteiger partial charge is 0.444 e. The lowest BCUT2D eigenvalue weighted by Crippen LogP contribution is -2.27. The van der Waals surface area contributed by atoms with Crippen molar-refractivity contribution in [2.45, 2.75) is 45.8 Å². The van der Waals surface area contributed by atoms with Crippen molar-refractivity contribution >= 4 is 11.9 Å². The monoisotopic (exact) mass is 223 g/mol. The summed E-state index contributed by atoms with van der Waals surface area (Å²) < 4.78 is 7.07. The van der Waals surface area contributed by atoms with E-state index in [9.17, 15) is 4.79 Å². The quantitative estimate of drug-likeness (QED) is 0.793. The predicted octanol–water partition coefficient (Wildman–Crippen LogP) is 2.18. The molecule has 16 heavy (non-hydrogen) atoms. The van der Waals surface area contributed by atoms with Gasteiger partial charge in [0.1, 0.15) is 5.60 Å². The van der Waals surface area contributed by atoms with Crippen LogP contribution in [0.2, 0.25) is 0 Å². The average molecular weight is 223 g/mol. The first-order valence-corrected chi connectivity index (χ1v) is 5.51. The number of nitrogens with one attached hydrogen (secondary N) is 1. The van der Waals surface area contributed by atoms with Crippen LogP contribution in [-0.4, -0.2) is 21.5 Å². The van der Waals surface area contributed by atoms with Gasteiger partial charge in [-0.3, -0.25) is 10.00 Å². The highest BCUT2D eigenvalue weighted by Crippen LogP contribution is 2.18. The highest BCUT2D eigenvalue weighted by molar-refractivity contribution is 5.83. The molecular weight excluding hydrogens is 206 g/mol. The molecule has 0 aliphatic carbocycles. The van der Waals surface area contributed by atoms with Crippen LogP contribution in [0.25, 0.3) is 0 Å². The molecule has 88 valence electrons. The Kier molecular flexibility index (Phi) is 2.61. The van der Waals surface area contributed by atoms with Crippen molar-refractivity contribution in [1.29, 1.82) is 0 Å². The molecule has 0 aromatic carbocycles. The standard InChI is InChI=1S/C11H17N3O2/c1-11(2,3)16-10(15)12-9-7-8-5-4-6-14(8)13-9/h7H,4-6H2,1-3H3,(H,12,13,15). The first-order valence-electron chi connectivity index (χ1n) is 5.51. The Hall–Kier alpha value is -1.52. The maximum Gasteiger partial charge on any atom is 0.413 e. The number of rotatable bonds is 1. The smallest absolute Gasteiger partial charge is 0.413 e. The SMILES string of the molecule is CC(C)(C)OC(=O)Nc1cc2n(n1)CCC2. The minimum absolute atomic E-state index is 0.454. The summed E-state index contributed by atoms with van der Waals surface area (Å²) in [5, 5.41) is 6.90. The first-order chi connectivity index (χ1) is 7.44. The fourth-order valence-electron chi connectivity index (χ4n) is 1.73. The Morgan fingerprint density at radius 1 is 1.56 bits per heavy atom. The van der Waals surface area contributed by atoms with Crippen molar-refractivity contribution in [1.82, 2.24) is 9.78 Å². The van der Waals surface area contributed by atoms with Gasteiger partial charge in [0.25, 0.3) is 0 Å². The summed E-state index contributed by atoms with van der Waals surface area (Å²) in [4.78, 5) is 11.5. The van der Waals surface area contributed by atoms with Gasteiger partial charge >= 0.3 is 6.09 Å². The zero-order chi connectivity index (χ0) is 11.8. The molecule has 2 rings (SSSR count). The number of anilines is 1. The van der Waals surface area contributed by atoms with Gasteiger partial charge < -0.3 is 4.74 Å². The van der Waals surface area contributed by atoms with Gasteiger partial charge in [-0.05, 0) is 33.6 Å². The maximum atomic E-state index is 11.5. The number of aryl methyl sites for hydroxylation is 2. The van der Waals surface area contributed by atoms with Gasteiger partial charge in [-0.15, -0.1) is 0 Å². The van der Waals surface area contributed by atoms with E-state index in [1.807, 2.05) is 31.5 Å². The molecule has 1 amide bonds. The molecular formula is C11H17N3O2. The van der Waals surface area contributed by atoms with Crippen LogP contribution in [0, 0.1) is 0 Å². The van der Waals surface area contributed by atoms with Gasteiger partial charge in [0, 0.05) is 18.3 Å². The third-order valence-corrected chi connectivity index (χ3v) is 2.30. The molecule has 0 saturated carbocycles. The molecule has 0 radical (unpaired) electrons. The van der Waals surface area contributed by atoms with Crippen LogP contribution in [0.15, 0.2) is 6.07 Å².